The van der Waals surface area contributed by atoms with Gasteiger partial charge in [-0.05, 0) is 24.3 Å². The minimum Gasteiger partial charge on any atom is -0.478 e. The van der Waals surface area contributed by atoms with Crippen LogP contribution in [0.3, 0.4) is 0 Å². The summed E-state index contributed by atoms with van der Waals surface area (Å²) in [6.45, 7) is 0.570. The van der Waals surface area contributed by atoms with Crippen LogP contribution in [0, 0.1) is 11.8 Å². The zero-order chi connectivity index (χ0) is 12.1. The van der Waals surface area contributed by atoms with E-state index in [2.05, 4.69) is 16.8 Å². The van der Waals surface area contributed by atoms with Gasteiger partial charge in [0, 0.05) is 18.0 Å². The van der Waals surface area contributed by atoms with Crippen molar-refractivity contribution in [1.29, 1.82) is 0 Å². The lowest BCUT2D eigenvalue weighted by molar-refractivity contribution is 0.0697. The van der Waals surface area contributed by atoms with E-state index in [1.807, 2.05) is 10.8 Å². The highest BCUT2D eigenvalue weighted by Crippen LogP contribution is 2.02. The summed E-state index contributed by atoms with van der Waals surface area (Å²) in [4.78, 5) is 14.5. The predicted molar refractivity (Wildman–Crippen MR) is 62.5 cm³/mol. The highest BCUT2D eigenvalue weighted by Gasteiger charge is 1.99. The Kier molecular flexibility index (Phi) is 3.22. The molecule has 0 saturated heterocycles. The molecule has 1 heterocycles. The molecule has 17 heavy (non-hydrogen) atoms. The fraction of sp³-hybridized carbons (Fsp3) is 0.0769. The second-order valence-electron chi connectivity index (χ2n) is 3.42. The molecule has 1 aromatic carbocycles. The number of carboxylic acid groups (broad SMARTS) is 1. The average Bonchev–Trinajstić information content (AvgIpc) is 2.83. The normalized spacial score (nSPS) is 9.41. The Hall–Kier alpha value is -2.54. The molecule has 1 N–H and O–H groups in total. The minimum atomic E-state index is -0.928. The predicted octanol–water partition coefficient (Wildman–Crippen LogP) is 1.63. The highest BCUT2D eigenvalue weighted by molar-refractivity contribution is 5.87. The third kappa shape index (κ3) is 2.95. The Morgan fingerprint density at radius 3 is 2.71 bits per heavy atom. The Balaban J connectivity index is 2.04. The molecule has 2 aromatic rings. The van der Waals surface area contributed by atoms with Gasteiger partial charge in [0.2, 0.25) is 0 Å². The average molecular weight is 226 g/mol. The Bertz CT molecular complexity index is 560. The molecular formula is C13H10N2O2. The molecule has 4 nitrogen and oxygen atoms in total. The number of hydrogen-bond donors (Lipinski definition) is 1. The fourth-order valence-electron chi connectivity index (χ4n) is 1.31. The molecule has 0 radical (unpaired) electrons. The van der Waals surface area contributed by atoms with E-state index in [0.717, 1.165) is 5.56 Å². The van der Waals surface area contributed by atoms with Gasteiger partial charge in [-0.2, -0.15) is 0 Å². The van der Waals surface area contributed by atoms with Crippen LogP contribution in [-0.4, -0.2) is 20.6 Å². The first kappa shape index (κ1) is 11.0. The van der Waals surface area contributed by atoms with Gasteiger partial charge in [0.05, 0.1) is 18.4 Å². The smallest absolute Gasteiger partial charge is 0.335 e. The number of aromatic nitrogens is 2. The van der Waals surface area contributed by atoms with Crippen molar-refractivity contribution >= 4 is 5.97 Å². The Morgan fingerprint density at radius 1 is 1.35 bits per heavy atom. The molecular weight excluding hydrogens is 216 g/mol. The number of aromatic carboxylic acids is 1. The third-order valence-corrected chi connectivity index (χ3v) is 2.19. The summed E-state index contributed by atoms with van der Waals surface area (Å²) in [6, 6.07) is 6.49. The third-order valence-electron chi connectivity index (χ3n) is 2.19. The van der Waals surface area contributed by atoms with Crippen molar-refractivity contribution in [2.75, 3.05) is 0 Å². The molecule has 1 aromatic heterocycles. The SMILES string of the molecule is O=C(O)c1ccc(C#CCn2ccnc2)cc1. The van der Waals surface area contributed by atoms with Crippen molar-refractivity contribution in [3.05, 3.63) is 54.1 Å². The van der Waals surface area contributed by atoms with Gasteiger partial charge < -0.3 is 9.67 Å². The van der Waals surface area contributed by atoms with Crippen molar-refractivity contribution in [1.82, 2.24) is 9.55 Å². The summed E-state index contributed by atoms with van der Waals surface area (Å²) in [5.41, 5.74) is 1.07. The molecule has 0 spiro atoms. The van der Waals surface area contributed by atoms with E-state index in [9.17, 15) is 4.79 Å². The zero-order valence-corrected chi connectivity index (χ0v) is 9.00. The molecule has 0 amide bonds. The lowest BCUT2D eigenvalue weighted by atomic mass is 10.1. The summed E-state index contributed by atoms with van der Waals surface area (Å²) in [5, 5.41) is 8.73. The zero-order valence-electron chi connectivity index (χ0n) is 9.00. The second kappa shape index (κ2) is 4.99. The molecule has 0 saturated carbocycles. The van der Waals surface area contributed by atoms with E-state index in [1.54, 1.807) is 36.8 Å². The van der Waals surface area contributed by atoms with Crippen molar-refractivity contribution < 1.29 is 9.90 Å². The van der Waals surface area contributed by atoms with Crippen LogP contribution in [0.15, 0.2) is 43.0 Å². The standard InChI is InChI=1S/C13H10N2O2/c16-13(17)12-5-3-11(4-6-12)2-1-8-15-9-7-14-10-15/h3-7,9-10H,8H2,(H,16,17). The maximum absolute atomic E-state index is 10.6. The van der Waals surface area contributed by atoms with Gasteiger partial charge >= 0.3 is 5.97 Å². The van der Waals surface area contributed by atoms with Crippen LogP contribution in [-0.2, 0) is 6.54 Å². The largest absolute Gasteiger partial charge is 0.478 e. The van der Waals surface area contributed by atoms with Crippen LogP contribution in [0.5, 0.6) is 0 Å². The minimum absolute atomic E-state index is 0.269. The Labute approximate surface area is 98.5 Å². The number of carboxylic acids is 1. The maximum atomic E-state index is 10.6. The lowest BCUT2D eigenvalue weighted by Gasteiger charge is -1.94. The fourth-order valence-corrected chi connectivity index (χ4v) is 1.31. The van der Waals surface area contributed by atoms with Gasteiger partial charge in [-0.15, -0.1) is 0 Å². The molecule has 0 bridgehead atoms. The molecule has 2 rings (SSSR count). The maximum Gasteiger partial charge on any atom is 0.335 e. The van der Waals surface area contributed by atoms with Crippen LogP contribution in [0.1, 0.15) is 15.9 Å². The van der Waals surface area contributed by atoms with Crippen LogP contribution in [0.4, 0.5) is 0 Å². The van der Waals surface area contributed by atoms with E-state index >= 15 is 0 Å². The first-order chi connectivity index (χ1) is 8.25. The van der Waals surface area contributed by atoms with E-state index in [-0.39, 0.29) is 5.56 Å². The summed E-state index contributed by atoms with van der Waals surface area (Å²) in [6.07, 6.45) is 5.23. The summed E-state index contributed by atoms with van der Waals surface area (Å²) >= 11 is 0. The number of carbonyl (C=O) groups is 1. The van der Waals surface area contributed by atoms with Crippen molar-refractivity contribution in [3.63, 3.8) is 0 Å². The van der Waals surface area contributed by atoms with E-state index in [1.165, 1.54) is 0 Å². The Morgan fingerprint density at radius 2 is 2.12 bits per heavy atom. The molecule has 0 aliphatic rings. The highest BCUT2D eigenvalue weighted by atomic mass is 16.4. The second-order valence-corrected chi connectivity index (χ2v) is 3.42. The van der Waals surface area contributed by atoms with Gasteiger partial charge in [-0.3, -0.25) is 0 Å². The lowest BCUT2D eigenvalue weighted by Crippen LogP contribution is -1.95. The molecule has 84 valence electrons. The van der Waals surface area contributed by atoms with Gasteiger partial charge in [0.25, 0.3) is 0 Å². The molecule has 0 fully saturated rings. The summed E-state index contributed by atoms with van der Waals surface area (Å²) in [5.74, 6) is 5.01. The monoisotopic (exact) mass is 226 g/mol. The van der Waals surface area contributed by atoms with Gasteiger partial charge in [-0.25, -0.2) is 9.78 Å². The first-order valence-electron chi connectivity index (χ1n) is 5.04. The van der Waals surface area contributed by atoms with Crippen LogP contribution < -0.4 is 0 Å². The quantitative estimate of drug-likeness (QED) is 0.792. The van der Waals surface area contributed by atoms with Crippen molar-refractivity contribution in [2.45, 2.75) is 6.54 Å². The van der Waals surface area contributed by atoms with Crippen molar-refractivity contribution in [2.24, 2.45) is 0 Å². The first-order valence-corrected chi connectivity index (χ1v) is 5.04. The molecule has 0 atom stereocenters. The van der Waals surface area contributed by atoms with E-state index < -0.39 is 5.97 Å². The number of hydrogen-bond acceptors (Lipinski definition) is 2. The van der Waals surface area contributed by atoms with Gasteiger partial charge in [0.1, 0.15) is 0 Å². The van der Waals surface area contributed by atoms with Crippen LogP contribution in [0.25, 0.3) is 0 Å². The van der Waals surface area contributed by atoms with E-state index in [4.69, 9.17) is 5.11 Å². The number of benzene rings is 1. The number of rotatable bonds is 2. The topological polar surface area (TPSA) is 55.1 Å². The molecule has 0 aliphatic heterocycles. The summed E-state index contributed by atoms with van der Waals surface area (Å²) in [7, 11) is 0. The van der Waals surface area contributed by atoms with Crippen molar-refractivity contribution in [3.8, 4) is 11.8 Å². The van der Waals surface area contributed by atoms with Crippen LogP contribution in [0.2, 0.25) is 0 Å². The molecule has 0 aliphatic carbocycles. The van der Waals surface area contributed by atoms with Gasteiger partial charge in [0.15, 0.2) is 0 Å². The number of nitrogens with zero attached hydrogens (tertiary/aromatic N) is 2. The summed E-state index contributed by atoms with van der Waals surface area (Å²) < 4.78 is 1.86. The van der Waals surface area contributed by atoms with E-state index in [0.29, 0.717) is 6.54 Å². The van der Waals surface area contributed by atoms with Crippen LogP contribution >= 0.6 is 0 Å². The number of imidazole rings is 1. The van der Waals surface area contributed by atoms with Gasteiger partial charge in [-0.1, -0.05) is 11.8 Å². The molecule has 4 heteroatoms. The molecule has 0 unspecified atom stereocenters.